The molecule has 0 saturated carbocycles. The Bertz CT molecular complexity index is 1200. The monoisotopic (exact) mass is 439 g/mol. The standard InChI is InChI=1S/C19H16F3N3O4S/c1-9(2)15-24-16-14(12(8-30-16)18(28)29)17(27)25(15)7-13(26)23-11-5-3-4-10(6-11)19(20,21)22/h3-6,8-9H,7H2,1-2H3,(H,23,26)(H,28,29). The van der Waals surface area contributed by atoms with Gasteiger partial charge in [0.15, 0.2) is 0 Å². The van der Waals surface area contributed by atoms with E-state index >= 15 is 0 Å². The summed E-state index contributed by atoms with van der Waals surface area (Å²) in [5, 5.41) is 12.8. The molecule has 0 spiro atoms. The predicted octanol–water partition coefficient (Wildman–Crippen LogP) is 3.94. The SMILES string of the molecule is CC(C)c1nc2scc(C(=O)O)c2c(=O)n1CC(=O)Nc1cccc(C(F)(F)F)c1. The number of hydrogen-bond acceptors (Lipinski definition) is 5. The number of carbonyl (C=O) groups excluding carboxylic acids is 1. The van der Waals surface area contributed by atoms with Crippen molar-refractivity contribution in [1.82, 2.24) is 9.55 Å². The zero-order valence-electron chi connectivity index (χ0n) is 15.8. The predicted molar refractivity (Wildman–Crippen MR) is 105 cm³/mol. The molecule has 30 heavy (non-hydrogen) atoms. The number of aromatic nitrogens is 2. The van der Waals surface area contributed by atoms with Gasteiger partial charge in [0.2, 0.25) is 5.91 Å². The average Bonchev–Trinajstić information content (AvgIpc) is 3.07. The van der Waals surface area contributed by atoms with E-state index in [1.807, 2.05) is 0 Å². The molecule has 0 radical (unpaired) electrons. The zero-order chi connectivity index (χ0) is 22.2. The molecule has 2 aromatic heterocycles. The maximum atomic E-state index is 13.0. The van der Waals surface area contributed by atoms with E-state index in [4.69, 9.17) is 0 Å². The van der Waals surface area contributed by atoms with Gasteiger partial charge in [-0.1, -0.05) is 19.9 Å². The first-order valence-electron chi connectivity index (χ1n) is 8.71. The van der Waals surface area contributed by atoms with Crippen LogP contribution in [0, 0.1) is 0 Å². The number of benzene rings is 1. The molecule has 0 unspecified atom stereocenters. The number of fused-ring (bicyclic) bond motifs is 1. The molecule has 0 aliphatic carbocycles. The highest BCUT2D eigenvalue weighted by atomic mass is 32.1. The number of aromatic carboxylic acids is 1. The lowest BCUT2D eigenvalue weighted by molar-refractivity contribution is -0.137. The van der Waals surface area contributed by atoms with Crippen molar-refractivity contribution in [3.8, 4) is 0 Å². The van der Waals surface area contributed by atoms with Crippen LogP contribution in [0.25, 0.3) is 10.2 Å². The molecular formula is C19H16F3N3O4S. The van der Waals surface area contributed by atoms with Crippen LogP contribution in [0.4, 0.5) is 18.9 Å². The van der Waals surface area contributed by atoms with E-state index in [2.05, 4.69) is 10.3 Å². The highest BCUT2D eigenvalue weighted by molar-refractivity contribution is 7.17. The number of carbonyl (C=O) groups is 2. The molecule has 1 amide bonds. The van der Waals surface area contributed by atoms with Gasteiger partial charge in [-0.3, -0.25) is 14.2 Å². The van der Waals surface area contributed by atoms with Gasteiger partial charge in [-0.15, -0.1) is 11.3 Å². The van der Waals surface area contributed by atoms with E-state index in [9.17, 15) is 32.7 Å². The minimum atomic E-state index is -4.57. The van der Waals surface area contributed by atoms with Crippen LogP contribution in [-0.2, 0) is 17.5 Å². The third-order valence-corrected chi connectivity index (χ3v) is 5.12. The Morgan fingerprint density at radius 2 is 2.00 bits per heavy atom. The van der Waals surface area contributed by atoms with Crippen LogP contribution < -0.4 is 10.9 Å². The highest BCUT2D eigenvalue weighted by Gasteiger charge is 2.30. The summed E-state index contributed by atoms with van der Waals surface area (Å²) in [6.45, 7) is 2.97. The van der Waals surface area contributed by atoms with Gasteiger partial charge in [0.25, 0.3) is 5.56 Å². The fourth-order valence-electron chi connectivity index (χ4n) is 2.91. The number of nitrogens with one attached hydrogen (secondary N) is 1. The summed E-state index contributed by atoms with van der Waals surface area (Å²) in [7, 11) is 0. The van der Waals surface area contributed by atoms with Crippen molar-refractivity contribution >= 4 is 39.1 Å². The second-order valence-electron chi connectivity index (χ2n) is 6.78. The van der Waals surface area contributed by atoms with Crippen LogP contribution in [-0.4, -0.2) is 26.5 Å². The van der Waals surface area contributed by atoms with Gasteiger partial charge in [-0.2, -0.15) is 13.2 Å². The van der Waals surface area contributed by atoms with Gasteiger partial charge in [-0.25, -0.2) is 9.78 Å². The smallest absolute Gasteiger partial charge is 0.416 e. The van der Waals surface area contributed by atoms with Gasteiger partial charge >= 0.3 is 12.1 Å². The summed E-state index contributed by atoms with van der Waals surface area (Å²) in [5.74, 6) is -2.03. The van der Waals surface area contributed by atoms with E-state index in [0.717, 1.165) is 34.1 Å². The van der Waals surface area contributed by atoms with E-state index in [0.29, 0.717) is 0 Å². The van der Waals surface area contributed by atoms with Crippen molar-refractivity contribution in [2.45, 2.75) is 32.5 Å². The highest BCUT2D eigenvalue weighted by Crippen LogP contribution is 2.30. The number of carboxylic acid groups (broad SMARTS) is 1. The lowest BCUT2D eigenvalue weighted by Gasteiger charge is -2.15. The minimum absolute atomic E-state index is 0.0789. The second-order valence-corrected chi connectivity index (χ2v) is 7.64. The summed E-state index contributed by atoms with van der Waals surface area (Å²) >= 11 is 1.01. The first kappa shape index (κ1) is 21.5. The Hall–Kier alpha value is -3.21. The maximum absolute atomic E-state index is 13.0. The zero-order valence-corrected chi connectivity index (χ0v) is 16.6. The number of anilines is 1. The Kier molecular flexibility index (Phi) is 5.66. The average molecular weight is 439 g/mol. The van der Waals surface area contributed by atoms with Crippen molar-refractivity contribution in [2.24, 2.45) is 0 Å². The topological polar surface area (TPSA) is 101 Å². The molecule has 2 heterocycles. The Labute approximate surface area is 171 Å². The van der Waals surface area contributed by atoms with Crippen LogP contribution in [0.3, 0.4) is 0 Å². The Morgan fingerprint density at radius 1 is 1.30 bits per heavy atom. The van der Waals surface area contributed by atoms with Crippen molar-refractivity contribution in [2.75, 3.05) is 5.32 Å². The maximum Gasteiger partial charge on any atom is 0.416 e. The van der Waals surface area contributed by atoms with Crippen LogP contribution in [0.1, 0.15) is 41.5 Å². The normalized spacial score (nSPS) is 11.8. The van der Waals surface area contributed by atoms with Crippen LogP contribution in [0.15, 0.2) is 34.4 Å². The molecule has 7 nitrogen and oxygen atoms in total. The fourth-order valence-corrected chi connectivity index (χ4v) is 3.82. The fraction of sp³-hybridized carbons (Fsp3) is 0.263. The molecule has 3 aromatic rings. The molecule has 0 bridgehead atoms. The van der Waals surface area contributed by atoms with Crippen LogP contribution in [0.5, 0.6) is 0 Å². The molecule has 3 rings (SSSR count). The number of amides is 1. The van der Waals surface area contributed by atoms with E-state index in [1.165, 1.54) is 11.4 Å². The summed E-state index contributed by atoms with van der Waals surface area (Å²) in [4.78, 5) is 41.4. The molecule has 11 heteroatoms. The number of thiophene rings is 1. The number of halogens is 3. The number of carboxylic acids is 1. The molecule has 0 fully saturated rings. The van der Waals surface area contributed by atoms with Crippen molar-refractivity contribution in [3.63, 3.8) is 0 Å². The Morgan fingerprint density at radius 3 is 2.60 bits per heavy atom. The van der Waals surface area contributed by atoms with E-state index in [1.54, 1.807) is 13.8 Å². The molecular weight excluding hydrogens is 423 g/mol. The quantitative estimate of drug-likeness (QED) is 0.627. The Balaban J connectivity index is 1.98. The summed E-state index contributed by atoms with van der Waals surface area (Å²) in [6.07, 6.45) is -4.57. The van der Waals surface area contributed by atoms with Crippen LogP contribution in [0.2, 0.25) is 0 Å². The summed E-state index contributed by atoms with van der Waals surface area (Å²) in [6, 6.07) is 4.11. The van der Waals surface area contributed by atoms with Crippen molar-refractivity contribution in [1.29, 1.82) is 0 Å². The van der Waals surface area contributed by atoms with E-state index < -0.39 is 35.7 Å². The lowest BCUT2D eigenvalue weighted by atomic mass is 10.1. The molecule has 0 aliphatic heterocycles. The first-order chi connectivity index (χ1) is 14.0. The molecule has 0 aliphatic rings. The van der Waals surface area contributed by atoms with Gasteiger partial charge < -0.3 is 10.4 Å². The third-order valence-electron chi connectivity index (χ3n) is 4.25. The van der Waals surface area contributed by atoms with Gasteiger partial charge in [0.05, 0.1) is 16.5 Å². The van der Waals surface area contributed by atoms with E-state index in [-0.39, 0.29) is 33.2 Å². The second kappa shape index (κ2) is 7.90. The molecule has 2 N–H and O–H groups in total. The van der Waals surface area contributed by atoms with Gasteiger partial charge in [0.1, 0.15) is 17.2 Å². The van der Waals surface area contributed by atoms with Gasteiger partial charge in [0, 0.05) is 17.0 Å². The largest absolute Gasteiger partial charge is 0.478 e. The number of rotatable bonds is 5. The summed E-state index contributed by atoms with van der Waals surface area (Å²) < 4.78 is 39.6. The first-order valence-corrected chi connectivity index (χ1v) is 9.59. The lowest BCUT2D eigenvalue weighted by Crippen LogP contribution is -2.32. The molecule has 0 atom stereocenters. The summed E-state index contributed by atoms with van der Waals surface area (Å²) in [5.41, 5.74) is -1.91. The minimum Gasteiger partial charge on any atom is -0.478 e. The number of hydrogen-bond donors (Lipinski definition) is 2. The van der Waals surface area contributed by atoms with Crippen molar-refractivity contribution < 1.29 is 27.9 Å². The number of nitrogens with zero attached hydrogens (tertiary/aromatic N) is 2. The van der Waals surface area contributed by atoms with Crippen molar-refractivity contribution in [3.05, 3.63) is 57.0 Å². The van der Waals surface area contributed by atoms with Crippen LogP contribution >= 0.6 is 11.3 Å². The third kappa shape index (κ3) is 4.20. The molecule has 1 aromatic carbocycles. The molecule has 0 saturated heterocycles. The molecule has 158 valence electrons. The number of alkyl halides is 3. The van der Waals surface area contributed by atoms with Gasteiger partial charge in [-0.05, 0) is 18.2 Å².